The summed E-state index contributed by atoms with van der Waals surface area (Å²) in [5.41, 5.74) is 30.8. The van der Waals surface area contributed by atoms with Crippen molar-refractivity contribution in [2.75, 3.05) is 0 Å². The average molecular weight is 311 g/mol. The number of nitrogens with zero attached hydrogens (tertiary/aromatic N) is 4. The van der Waals surface area contributed by atoms with Crippen molar-refractivity contribution < 1.29 is 0 Å². The molecule has 0 rings (SSSR count). The van der Waals surface area contributed by atoms with Crippen molar-refractivity contribution in [3.05, 3.63) is 0 Å². The maximum atomic E-state index is 7.55. The highest BCUT2D eigenvalue weighted by atomic mass is 15.3. The van der Waals surface area contributed by atoms with Gasteiger partial charge in [0.2, 0.25) is 11.9 Å². The Morgan fingerprint density at radius 1 is 0.636 bits per heavy atom. The molecular weight excluding hydrogens is 294 g/mol. The topological polar surface area (TPSA) is 301 Å². The first-order chi connectivity index (χ1) is 10.1. The van der Waals surface area contributed by atoms with Crippen molar-refractivity contribution >= 4 is 41.7 Å². The summed E-state index contributed by atoms with van der Waals surface area (Å²) in [5.74, 6) is -3.24. The van der Waals surface area contributed by atoms with Crippen LogP contribution in [0, 0.1) is 16.2 Å². The highest BCUT2D eigenvalue weighted by Gasteiger charge is 2.05. The van der Waals surface area contributed by atoms with Gasteiger partial charge in [0.25, 0.3) is 5.96 Å². The molecule has 0 bridgehead atoms. The second kappa shape index (κ2) is 8.30. The quantitative estimate of drug-likeness (QED) is 0.152. The van der Waals surface area contributed by atoms with Crippen LogP contribution in [-0.2, 0) is 0 Å². The van der Waals surface area contributed by atoms with Crippen LogP contribution >= 0.6 is 0 Å². The number of nitrogens with one attached hydrogen (secondary N) is 5. The molecule has 0 saturated carbocycles. The highest BCUT2D eigenvalue weighted by Crippen LogP contribution is 1.88. The number of rotatable bonds is 0. The molecule has 15 nitrogen and oxygen atoms in total. The Morgan fingerprint density at radius 3 is 1.36 bits per heavy atom. The average Bonchev–Trinajstić information content (AvgIpc) is 2.23. The number of guanidine groups is 7. The van der Waals surface area contributed by atoms with Crippen LogP contribution in [0.3, 0.4) is 0 Å². The van der Waals surface area contributed by atoms with E-state index in [-0.39, 0.29) is 5.96 Å². The lowest BCUT2D eigenvalue weighted by Crippen LogP contribution is -2.48. The van der Waals surface area contributed by atoms with Gasteiger partial charge in [-0.15, -0.1) is 0 Å². The third-order valence-electron chi connectivity index (χ3n) is 1.39. The molecular formula is C7H17N15. The van der Waals surface area contributed by atoms with E-state index in [0.29, 0.717) is 0 Å². The number of aliphatic imine (C=N–C) groups is 4. The van der Waals surface area contributed by atoms with Gasteiger partial charge in [-0.25, -0.2) is 0 Å². The first kappa shape index (κ1) is 18.1. The molecule has 120 valence electrons. The van der Waals surface area contributed by atoms with E-state index < -0.39 is 35.8 Å². The maximum Gasteiger partial charge on any atom is 0.259 e. The third-order valence-corrected chi connectivity index (χ3v) is 1.39. The van der Waals surface area contributed by atoms with Crippen LogP contribution in [0.4, 0.5) is 0 Å². The Morgan fingerprint density at radius 2 is 1.05 bits per heavy atom. The molecule has 0 aromatic heterocycles. The van der Waals surface area contributed by atoms with Crippen LogP contribution in [0.5, 0.6) is 0 Å². The minimum absolute atomic E-state index is 0.303. The zero-order chi connectivity index (χ0) is 17.3. The Bertz CT molecular complexity index is 531. The van der Waals surface area contributed by atoms with Gasteiger partial charge in [0.1, 0.15) is 0 Å². The second-order valence-electron chi connectivity index (χ2n) is 3.35. The highest BCUT2D eigenvalue weighted by molar-refractivity contribution is 6.10. The molecule has 0 aliphatic rings. The molecule has 0 radical (unpaired) electrons. The summed E-state index contributed by atoms with van der Waals surface area (Å²) in [6.07, 6.45) is 0. The molecule has 0 spiro atoms. The first-order valence-corrected chi connectivity index (χ1v) is 5.27. The van der Waals surface area contributed by atoms with Crippen LogP contribution in [-0.4, -0.2) is 41.7 Å². The fraction of sp³-hybridized carbons (Fsp3) is 0. The Kier molecular flexibility index (Phi) is 6.82. The summed E-state index contributed by atoms with van der Waals surface area (Å²) in [6, 6.07) is 0. The van der Waals surface area contributed by atoms with Gasteiger partial charge in [-0.1, -0.05) is 0 Å². The summed E-state index contributed by atoms with van der Waals surface area (Å²) in [5, 5.41) is 26.1. The second-order valence-corrected chi connectivity index (χ2v) is 3.35. The normalized spacial score (nSPS) is 8.73. The van der Waals surface area contributed by atoms with Crippen LogP contribution in [0.15, 0.2) is 20.0 Å². The standard InChI is InChI=1S/C7H17N15/c8-1(9)17-6(18-2(10)11)21-5(16)22-7(19-3(12)13)20-4(14)15/h(H17,8,9,10,11,12,13,14,15,16,17,18,19,20,21,22). The zero-order valence-electron chi connectivity index (χ0n) is 11.3. The van der Waals surface area contributed by atoms with Gasteiger partial charge < -0.3 is 34.4 Å². The fourth-order valence-electron chi connectivity index (χ4n) is 0.874. The van der Waals surface area contributed by atoms with Crippen molar-refractivity contribution in [1.82, 2.24) is 10.6 Å². The SMILES string of the molecule is N=C(N=C(N=C(N)N)N=C(N)N)N=C(NC(=N)N)NC(=N)N. The molecule has 15 heteroatoms. The molecule has 0 aromatic carbocycles. The summed E-state index contributed by atoms with van der Waals surface area (Å²) in [4.78, 5) is 14.0. The lowest BCUT2D eigenvalue weighted by Gasteiger charge is -2.08. The fourth-order valence-corrected chi connectivity index (χ4v) is 0.874. The molecule has 0 atom stereocenters. The summed E-state index contributed by atoms with van der Waals surface area (Å²) in [6.45, 7) is 0. The van der Waals surface area contributed by atoms with Gasteiger partial charge in [-0.2, -0.15) is 20.0 Å². The molecule has 0 amide bonds. The molecule has 0 aliphatic heterocycles. The maximum absolute atomic E-state index is 7.55. The number of hydrogen-bond acceptors (Lipinski definition) is 3. The van der Waals surface area contributed by atoms with E-state index in [1.165, 1.54) is 0 Å². The van der Waals surface area contributed by atoms with Gasteiger partial charge in [0, 0.05) is 0 Å². The largest absolute Gasteiger partial charge is 0.370 e. The summed E-state index contributed by atoms with van der Waals surface area (Å²) < 4.78 is 0. The molecule has 0 fully saturated rings. The van der Waals surface area contributed by atoms with E-state index >= 15 is 0 Å². The molecule has 0 heterocycles. The van der Waals surface area contributed by atoms with E-state index in [1.807, 2.05) is 0 Å². The van der Waals surface area contributed by atoms with Crippen molar-refractivity contribution in [1.29, 1.82) is 16.2 Å². The minimum Gasteiger partial charge on any atom is -0.370 e. The van der Waals surface area contributed by atoms with Gasteiger partial charge in [0.05, 0.1) is 0 Å². The predicted octanol–water partition coefficient (Wildman–Crippen LogP) is -4.85. The smallest absolute Gasteiger partial charge is 0.259 e. The van der Waals surface area contributed by atoms with Crippen LogP contribution < -0.4 is 45.0 Å². The van der Waals surface area contributed by atoms with Gasteiger partial charge in [-0.3, -0.25) is 26.9 Å². The molecule has 22 heavy (non-hydrogen) atoms. The van der Waals surface area contributed by atoms with Crippen molar-refractivity contribution in [2.24, 2.45) is 54.4 Å². The monoisotopic (exact) mass is 311 g/mol. The zero-order valence-corrected chi connectivity index (χ0v) is 11.3. The Balaban J connectivity index is 5.47. The third kappa shape index (κ3) is 9.08. The Labute approximate surface area is 124 Å². The van der Waals surface area contributed by atoms with E-state index in [4.69, 9.17) is 50.6 Å². The molecule has 0 saturated heterocycles. The lowest BCUT2D eigenvalue weighted by atomic mass is 10.7. The van der Waals surface area contributed by atoms with Gasteiger partial charge >= 0.3 is 0 Å². The first-order valence-electron chi connectivity index (χ1n) is 5.27. The summed E-state index contributed by atoms with van der Waals surface area (Å²) in [7, 11) is 0. The number of hydrogen-bond donors (Lipinski definition) is 11. The summed E-state index contributed by atoms with van der Waals surface area (Å²) >= 11 is 0. The van der Waals surface area contributed by atoms with Gasteiger partial charge in [-0.05, 0) is 0 Å². The van der Waals surface area contributed by atoms with E-state index in [2.05, 4.69) is 30.6 Å². The molecule has 0 aromatic rings. The van der Waals surface area contributed by atoms with Crippen LogP contribution in [0.25, 0.3) is 0 Å². The van der Waals surface area contributed by atoms with Crippen molar-refractivity contribution in [3.63, 3.8) is 0 Å². The number of nitrogens with two attached hydrogens (primary N) is 6. The van der Waals surface area contributed by atoms with Gasteiger partial charge in [0.15, 0.2) is 23.8 Å². The van der Waals surface area contributed by atoms with Crippen molar-refractivity contribution in [2.45, 2.75) is 0 Å². The minimum atomic E-state index is -0.678. The molecule has 17 N–H and O–H groups in total. The lowest BCUT2D eigenvalue weighted by molar-refractivity contribution is 1.12. The molecule has 0 unspecified atom stereocenters. The van der Waals surface area contributed by atoms with Crippen LogP contribution in [0.2, 0.25) is 0 Å². The van der Waals surface area contributed by atoms with E-state index in [9.17, 15) is 0 Å². The Hall–Kier alpha value is -3.91. The van der Waals surface area contributed by atoms with Crippen molar-refractivity contribution in [3.8, 4) is 0 Å². The molecule has 0 aliphatic carbocycles. The van der Waals surface area contributed by atoms with E-state index in [1.54, 1.807) is 0 Å². The predicted molar refractivity (Wildman–Crippen MR) is 84.3 cm³/mol. The van der Waals surface area contributed by atoms with Crippen LogP contribution in [0.1, 0.15) is 0 Å². The van der Waals surface area contributed by atoms with E-state index in [0.717, 1.165) is 0 Å².